The number of nitrogens with one attached hydrogen (secondary N) is 1. The zero-order chi connectivity index (χ0) is 11.7. The van der Waals surface area contributed by atoms with Crippen LogP contribution in [0.5, 0.6) is 0 Å². The molecule has 0 aromatic heterocycles. The molecule has 15 heavy (non-hydrogen) atoms. The van der Waals surface area contributed by atoms with E-state index < -0.39 is 25.3 Å². The van der Waals surface area contributed by atoms with Crippen LogP contribution in [0, 0.1) is 5.92 Å². The maximum absolute atomic E-state index is 11.6. The predicted octanol–water partition coefficient (Wildman–Crippen LogP) is 0.444. The van der Waals surface area contributed by atoms with E-state index in [0.717, 1.165) is 19.1 Å². The fourth-order valence-corrected chi connectivity index (χ4v) is 4.94. The van der Waals surface area contributed by atoms with Crippen LogP contribution in [0.2, 0.25) is 0 Å². The predicted molar refractivity (Wildman–Crippen MR) is 58.3 cm³/mol. The van der Waals surface area contributed by atoms with E-state index in [-0.39, 0.29) is 0 Å². The number of sulfonamides is 2. The molecule has 5 nitrogen and oxygen atoms in total. The molecule has 1 fully saturated rings. The molecule has 1 N–H and O–H groups in total. The van der Waals surface area contributed by atoms with Crippen LogP contribution in [-0.4, -0.2) is 28.3 Å². The Morgan fingerprint density at radius 1 is 1.00 bits per heavy atom. The summed E-state index contributed by atoms with van der Waals surface area (Å²) < 4.78 is 46.7. The van der Waals surface area contributed by atoms with E-state index in [0.29, 0.717) is 18.8 Å². The Morgan fingerprint density at radius 2 is 1.47 bits per heavy atom. The summed E-state index contributed by atoms with van der Waals surface area (Å²) in [6.45, 7) is 2.08. The quantitative estimate of drug-likeness (QED) is 0.793. The van der Waals surface area contributed by atoms with Crippen molar-refractivity contribution in [3.05, 3.63) is 0 Å². The highest BCUT2D eigenvalue weighted by molar-refractivity contribution is 8.04. The number of rotatable bonds is 3. The van der Waals surface area contributed by atoms with Crippen molar-refractivity contribution in [1.29, 1.82) is 0 Å². The van der Waals surface area contributed by atoms with Gasteiger partial charge in [0.1, 0.15) is 0 Å². The van der Waals surface area contributed by atoms with Gasteiger partial charge < -0.3 is 0 Å². The largest absolute Gasteiger partial charge is 0.227 e. The van der Waals surface area contributed by atoms with Gasteiger partial charge in [-0.1, -0.05) is 6.92 Å². The van der Waals surface area contributed by atoms with Gasteiger partial charge in [0.05, 0.1) is 11.5 Å². The van der Waals surface area contributed by atoms with Gasteiger partial charge in [-0.2, -0.15) is 0 Å². The third-order valence-electron chi connectivity index (χ3n) is 2.67. The molecule has 0 heterocycles. The second kappa shape index (κ2) is 4.39. The van der Waals surface area contributed by atoms with Crippen molar-refractivity contribution in [3.63, 3.8) is 0 Å². The monoisotopic (exact) mass is 255 g/mol. The summed E-state index contributed by atoms with van der Waals surface area (Å²) in [5.41, 5.74) is 0. The molecule has 0 aromatic rings. The van der Waals surface area contributed by atoms with Crippen LogP contribution in [0.4, 0.5) is 0 Å². The Balaban J connectivity index is 2.71. The van der Waals surface area contributed by atoms with Crippen LogP contribution >= 0.6 is 0 Å². The summed E-state index contributed by atoms with van der Waals surface area (Å²) in [5, 5.41) is -0.552. The van der Waals surface area contributed by atoms with Gasteiger partial charge in [0, 0.05) is 0 Å². The van der Waals surface area contributed by atoms with Gasteiger partial charge >= 0.3 is 0 Å². The third kappa shape index (κ3) is 4.08. The summed E-state index contributed by atoms with van der Waals surface area (Å²) in [6.07, 6.45) is 3.64. The van der Waals surface area contributed by atoms with Crippen LogP contribution in [-0.2, 0) is 20.0 Å². The molecular formula is C8H17NO4S2. The smallest absolute Gasteiger partial charge is 0.212 e. The highest BCUT2D eigenvalue weighted by Crippen LogP contribution is 2.27. The lowest BCUT2D eigenvalue weighted by Gasteiger charge is -2.25. The molecule has 90 valence electrons. The zero-order valence-corrected chi connectivity index (χ0v) is 10.6. The maximum Gasteiger partial charge on any atom is 0.227 e. The van der Waals surface area contributed by atoms with E-state index in [4.69, 9.17) is 0 Å². The van der Waals surface area contributed by atoms with Gasteiger partial charge in [-0.25, -0.2) is 16.8 Å². The third-order valence-corrected chi connectivity index (χ3v) is 6.16. The van der Waals surface area contributed by atoms with Gasteiger partial charge in [-0.15, -0.1) is 4.13 Å². The van der Waals surface area contributed by atoms with Crippen LogP contribution in [0.15, 0.2) is 0 Å². The summed E-state index contributed by atoms with van der Waals surface area (Å²) in [7, 11) is -7.39. The summed E-state index contributed by atoms with van der Waals surface area (Å²) in [6, 6.07) is 0. The van der Waals surface area contributed by atoms with Crippen LogP contribution in [0.25, 0.3) is 0 Å². The molecule has 1 aliphatic carbocycles. The Labute approximate surface area is 91.4 Å². The van der Waals surface area contributed by atoms with Crippen molar-refractivity contribution < 1.29 is 16.8 Å². The lowest BCUT2D eigenvalue weighted by Crippen LogP contribution is -2.39. The molecule has 0 saturated heterocycles. The molecule has 0 bridgehead atoms. The minimum atomic E-state index is -3.70. The highest BCUT2D eigenvalue weighted by atomic mass is 32.3. The summed E-state index contributed by atoms with van der Waals surface area (Å²) >= 11 is 0. The van der Waals surface area contributed by atoms with E-state index in [1.165, 1.54) is 0 Å². The average Bonchev–Trinajstić information content (AvgIpc) is 2.00. The first-order valence-corrected chi connectivity index (χ1v) is 8.37. The first-order chi connectivity index (χ1) is 6.71. The van der Waals surface area contributed by atoms with Crippen LogP contribution in [0.1, 0.15) is 32.6 Å². The molecular weight excluding hydrogens is 238 g/mol. The highest BCUT2D eigenvalue weighted by Gasteiger charge is 2.31. The first kappa shape index (κ1) is 12.9. The second-order valence-electron chi connectivity index (χ2n) is 4.28. The van der Waals surface area contributed by atoms with Crippen molar-refractivity contribution in [1.82, 2.24) is 4.13 Å². The lowest BCUT2D eigenvalue weighted by atomic mass is 9.91. The summed E-state index contributed by atoms with van der Waals surface area (Å²) in [4.78, 5) is 0. The topological polar surface area (TPSA) is 80.3 Å². The molecule has 0 atom stereocenters. The molecule has 0 radical (unpaired) electrons. The van der Waals surface area contributed by atoms with Crippen LogP contribution < -0.4 is 4.13 Å². The fourth-order valence-electron chi connectivity index (χ4n) is 1.82. The molecule has 0 amide bonds. The molecule has 0 aliphatic heterocycles. The molecule has 1 saturated carbocycles. The second-order valence-corrected chi connectivity index (χ2v) is 8.25. The molecule has 7 heteroatoms. The van der Waals surface area contributed by atoms with Gasteiger partial charge in [0.2, 0.25) is 20.0 Å². The minimum absolute atomic E-state index is 0.537. The van der Waals surface area contributed by atoms with E-state index in [2.05, 4.69) is 6.92 Å². The summed E-state index contributed by atoms with van der Waals surface area (Å²) in [5.74, 6) is 0.537. The van der Waals surface area contributed by atoms with Gasteiger partial charge in [-0.3, -0.25) is 0 Å². The Hall–Kier alpha value is -0.140. The van der Waals surface area contributed by atoms with Crippen LogP contribution in [0.3, 0.4) is 0 Å². The zero-order valence-electron chi connectivity index (χ0n) is 8.93. The molecule has 0 spiro atoms. The number of hydrogen-bond acceptors (Lipinski definition) is 4. The van der Waals surface area contributed by atoms with Gasteiger partial charge in [-0.05, 0) is 31.6 Å². The van der Waals surface area contributed by atoms with Crippen molar-refractivity contribution in [3.8, 4) is 0 Å². The molecule has 1 rings (SSSR count). The fraction of sp³-hybridized carbons (Fsp3) is 1.00. The van der Waals surface area contributed by atoms with E-state index in [1.807, 2.05) is 0 Å². The molecule has 1 aliphatic rings. The lowest BCUT2D eigenvalue weighted by molar-refractivity contribution is 0.382. The standard InChI is InChI=1S/C8H17NO4S2/c1-7-3-5-8(6-4-7)15(12,13)9-14(2,10)11/h7-9H,3-6H2,1-2H3. The maximum atomic E-state index is 11.6. The molecule has 0 aromatic carbocycles. The minimum Gasteiger partial charge on any atom is -0.212 e. The first-order valence-electron chi connectivity index (χ1n) is 4.93. The average molecular weight is 255 g/mol. The van der Waals surface area contributed by atoms with E-state index >= 15 is 0 Å². The van der Waals surface area contributed by atoms with E-state index in [1.54, 1.807) is 4.13 Å². The Kier molecular flexibility index (Phi) is 3.78. The van der Waals surface area contributed by atoms with Crippen molar-refractivity contribution in [2.45, 2.75) is 37.9 Å². The van der Waals surface area contributed by atoms with Gasteiger partial charge in [0.25, 0.3) is 0 Å². The van der Waals surface area contributed by atoms with Crippen molar-refractivity contribution >= 4 is 20.0 Å². The molecule has 0 unspecified atom stereocenters. The van der Waals surface area contributed by atoms with Crippen molar-refractivity contribution in [2.24, 2.45) is 5.92 Å². The van der Waals surface area contributed by atoms with Crippen molar-refractivity contribution in [2.75, 3.05) is 6.26 Å². The van der Waals surface area contributed by atoms with E-state index in [9.17, 15) is 16.8 Å². The Morgan fingerprint density at radius 3 is 1.87 bits per heavy atom. The Bertz CT molecular complexity index is 404. The van der Waals surface area contributed by atoms with Gasteiger partial charge in [0.15, 0.2) is 0 Å². The normalized spacial score (nSPS) is 28.9. The number of hydrogen-bond donors (Lipinski definition) is 1. The SMILES string of the molecule is CC1CCC(S(=O)(=O)NS(C)(=O)=O)CC1.